The lowest BCUT2D eigenvalue weighted by molar-refractivity contribution is -0.364. The molecule has 0 unspecified atom stereocenters. The van der Waals surface area contributed by atoms with E-state index in [1.807, 2.05) is 54.9 Å². The van der Waals surface area contributed by atoms with Crippen molar-refractivity contribution in [3.63, 3.8) is 0 Å². The van der Waals surface area contributed by atoms with Crippen molar-refractivity contribution in [2.45, 2.75) is 23.6 Å². The van der Waals surface area contributed by atoms with E-state index in [9.17, 15) is 0 Å². The van der Waals surface area contributed by atoms with Crippen molar-refractivity contribution in [1.29, 1.82) is 0 Å². The molecule has 2 N–H and O–H groups in total. The number of anilines is 2. The third kappa shape index (κ3) is 4.71. The Hall–Kier alpha value is -2.83. The molecule has 0 amide bonds. The smallest absolute Gasteiger partial charge is 0.322 e. The Bertz CT molecular complexity index is 1080. The van der Waals surface area contributed by atoms with Gasteiger partial charge in [0, 0.05) is 16.3 Å². The van der Waals surface area contributed by atoms with Crippen LogP contribution in [0.5, 0.6) is 11.5 Å². The van der Waals surface area contributed by atoms with Crippen molar-refractivity contribution >= 4 is 34.0 Å². The Kier molecular flexibility index (Phi) is 5.60. The Labute approximate surface area is 172 Å². The van der Waals surface area contributed by atoms with E-state index in [1.54, 1.807) is 23.1 Å². The molecular formula is C22H20N3OS2+. The van der Waals surface area contributed by atoms with Crippen LogP contribution >= 0.6 is 23.1 Å². The number of rotatable bonds is 6. The van der Waals surface area contributed by atoms with Gasteiger partial charge in [0.1, 0.15) is 11.9 Å². The molecule has 4 nitrogen and oxygen atoms in total. The number of H-pyrrole nitrogens is 1. The number of aryl methyl sites for hydroxylation is 2. The van der Waals surface area contributed by atoms with E-state index in [0.29, 0.717) is 0 Å². The highest BCUT2D eigenvalue weighted by atomic mass is 32.2. The standard InChI is InChI=1S/C22H19N3OS2/c1-15-7-6-10-18(11-15)28-19-12-20(26-17-8-4-3-5-9-17)21(23-13-19)25-22-24-16(2)14-27-22/h3-14H,1-2H3,(H,23,24,25)/p+1. The van der Waals surface area contributed by atoms with Gasteiger partial charge >= 0.3 is 5.82 Å². The van der Waals surface area contributed by atoms with Crippen LogP contribution in [0.3, 0.4) is 0 Å². The molecule has 0 fully saturated rings. The number of thiazole rings is 1. The summed E-state index contributed by atoms with van der Waals surface area (Å²) in [4.78, 5) is 10.1. The van der Waals surface area contributed by atoms with Crippen molar-refractivity contribution < 1.29 is 9.72 Å². The SMILES string of the molecule is Cc1cccc(Sc2c[nH+]c(Nc3nc(C)cs3)c(Oc3ccccc3)c2)c1. The summed E-state index contributed by atoms with van der Waals surface area (Å²) < 4.78 is 6.16. The Morgan fingerprint density at radius 3 is 2.61 bits per heavy atom. The number of hydrogen-bond donors (Lipinski definition) is 1. The van der Waals surface area contributed by atoms with Crippen molar-refractivity contribution in [1.82, 2.24) is 4.98 Å². The lowest BCUT2D eigenvalue weighted by atomic mass is 10.2. The van der Waals surface area contributed by atoms with Crippen LogP contribution in [-0.2, 0) is 0 Å². The van der Waals surface area contributed by atoms with Crippen molar-refractivity contribution in [2.24, 2.45) is 0 Å². The highest BCUT2D eigenvalue weighted by molar-refractivity contribution is 7.99. The summed E-state index contributed by atoms with van der Waals surface area (Å²) in [6, 6.07) is 20.3. The van der Waals surface area contributed by atoms with Crippen LogP contribution < -0.4 is 15.0 Å². The number of pyridine rings is 1. The third-order valence-corrected chi connectivity index (χ3v) is 5.76. The van der Waals surface area contributed by atoms with E-state index in [2.05, 4.69) is 46.5 Å². The van der Waals surface area contributed by atoms with Gasteiger partial charge in [-0.25, -0.2) is 15.3 Å². The van der Waals surface area contributed by atoms with Crippen LogP contribution in [0.1, 0.15) is 11.3 Å². The predicted molar refractivity (Wildman–Crippen MR) is 115 cm³/mol. The predicted octanol–water partition coefficient (Wildman–Crippen LogP) is 6.26. The molecule has 2 aromatic carbocycles. The minimum Gasteiger partial charge on any atom is -0.449 e. The van der Waals surface area contributed by atoms with E-state index < -0.39 is 0 Å². The highest BCUT2D eigenvalue weighted by Crippen LogP contribution is 2.35. The number of benzene rings is 2. The lowest BCUT2D eigenvalue weighted by Gasteiger charge is -2.09. The molecule has 140 valence electrons. The molecule has 4 aromatic rings. The monoisotopic (exact) mass is 406 g/mol. The van der Waals surface area contributed by atoms with Crippen LogP contribution in [0, 0.1) is 13.8 Å². The molecule has 0 aliphatic rings. The summed E-state index contributed by atoms with van der Waals surface area (Å²) in [5.41, 5.74) is 2.23. The summed E-state index contributed by atoms with van der Waals surface area (Å²) in [6.07, 6.45) is 1.98. The second-order valence-electron chi connectivity index (χ2n) is 6.33. The van der Waals surface area contributed by atoms with Gasteiger partial charge in [-0.05, 0) is 38.1 Å². The van der Waals surface area contributed by atoms with Gasteiger partial charge < -0.3 is 4.74 Å². The van der Waals surface area contributed by atoms with Gasteiger partial charge in [-0.2, -0.15) is 0 Å². The first kappa shape index (κ1) is 18.5. The van der Waals surface area contributed by atoms with Gasteiger partial charge in [0.25, 0.3) is 5.13 Å². The van der Waals surface area contributed by atoms with Crippen LogP contribution in [-0.4, -0.2) is 4.98 Å². The van der Waals surface area contributed by atoms with Gasteiger partial charge in [-0.3, -0.25) is 0 Å². The van der Waals surface area contributed by atoms with E-state index >= 15 is 0 Å². The van der Waals surface area contributed by atoms with E-state index in [0.717, 1.165) is 33.0 Å². The average Bonchev–Trinajstić information content (AvgIpc) is 3.09. The number of aromatic amines is 1. The zero-order valence-electron chi connectivity index (χ0n) is 15.6. The first-order chi connectivity index (χ1) is 13.7. The minimum atomic E-state index is 0.719. The van der Waals surface area contributed by atoms with Crippen molar-refractivity contribution in [2.75, 3.05) is 5.32 Å². The first-order valence-corrected chi connectivity index (χ1v) is 10.6. The summed E-state index contributed by atoms with van der Waals surface area (Å²) in [6.45, 7) is 4.08. The lowest BCUT2D eigenvalue weighted by Crippen LogP contribution is -2.11. The fourth-order valence-corrected chi connectivity index (χ4v) is 4.28. The maximum atomic E-state index is 6.16. The molecule has 2 heterocycles. The van der Waals surface area contributed by atoms with E-state index in [1.165, 1.54) is 10.5 Å². The quantitative estimate of drug-likeness (QED) is 0.410. The molecule has 0 atom stereocenters. The molecule has 0 bridgehead atoms. The molecule has 0 aliphatic heterocycles. The van der Waals surface area contributed by atoms with Crippen molar-refractivity contribution in [3.8, 4) is 11.5 Å². The molecule has 6 heteroatoms. The second kappa shape index (κ2) is 8.46. The summed E-state index contributed by atoms with van der Waals surface area (Å²) >= 11 is 3.26. The zero-order chi connectivity index (χ0) is 19.3. The molecule has 28 heavy (non-hydrogen) atoms. The maximum absolute atomic E-state index is 6.16. The Morgan fingerprint density at radius 1 is 1.00 bits per heavy atom. The van der Waals surface area contributed by atoms with Gasteiger partial charge in [0.2, 0.25) is 5.75 Å². The van der Waals surface area contributed by atoms with Crippen LogP contribution in [0.2, 0.25) is 0 Å². The largest absolute Gasteiger partial charge is 0.449 e. The fourth-order valence-electron chi connectivity index (χ4n) is 2.64. The third-order valence-electron chi connectivity index (χ3n) is 3.93. The summed E-state index contributed by atoms with van der Waals surface area (Å²) in [7, 11) is 0. The number of aromatic nitrogens is 2. The number of nitrogens with zero attached hydrogens (tertiary/aromatic N) is 1. The summed E-state index contributed by atoms with van der Waals surface area (Å²) in [5, 5.41) is 6.17. The highest BCUT2D eigenvalue weighted by Gasteiger charge is 2.17. The zero-order valence-corrected chi connectivity index (χ0v) is 17.2. The topological polar surface area (TPSA) is 48.3 Å². The first-order valence-electron chi connectivity index (χ1n) is 8.88. The Morgan fingerprint density at radius 2 is 1.86 bits per heavy atom. The molecule has 0 spiro atoms. The number of nitrogens with one attached hydrogen (secondary N) is 2. The van der Waals surface area contributed by atoms with Gasteiger partial charge in [-0.1, -0.05) is 59.0 Å². The average molecular weight is 407 g/mol. The van der Waals surface area contributed by atoms with Gasteiger partial charge in [0.15, 0.2) is 0 Å². The van der Waals surface area contributed by atoms with Gasteiger partial charge in [0.05, 0.1) is 10.6 Å². The fraction of sp³-hybridized carbons (Fsp3) is 0.0909. The number of para-hydroxylation sites is 1. The number of hydrogen-bond acceptors (Lipinski definition) is 5. The Balaban J connectivity index is 1.65. The molecule has 2 aromatic heterocycles. The molecule has 4 rings (SSSR count). The molecule has 0 aliphatic carbocycles. The minimum absolute atomic E-state index is 0.719. The van der Waals surface area contributed by atoms with Crippen LogP contribution in [0.15, 0.2) is 82.0 Å². The molecular weight excluding hydrogens is 386 g/mol. The second-order valence-corrected chi connectivity index (χ2v) is 8.33. The molecule has 0 saturated heterocycles. The van der Waals surface area contributed by atoms with E-state index in [-0.39, 0.29) is 0 Å². The van der Waals surface area contributed by atoms with Crippen LogP contribution in [0.25, 0.3) is 0 Å². The molecule has 0 radical (unpaired) electrons. The molecule has 0 saturated carbocycles. The van der Waals surface area contributed by atoms with Crippen LogP contribution in [0.4, 0.5) is 10.9 Å². The van der Waals surface area contributed by atoms with Crippen molar-refractivity contribution in [3.05, 3.63) is 83.5 Å². The van der Waals surface area contributed by atoms with E-state index in [4.69, 9.17) is 4.74 Å². The number of ether oxygens (including phenoxy) is 1. The normalized spacial score (nSPS) is 10.6. The maximum Gasteiger partial charge on any atom is 0.322 e. The van der Waals surface area contributed by atoms with Gasteiger partial charge in [-0.15, -0.1) is 0 Å². The summed E-state index contributed by atoms with van der Waals surface area (Å²) in [5.74, 6) is 2.27.